The summed E-state index contributed by atoms with van der Waals surface area (Å²) >= 11 is 0. The van der Waals surface area contributed by atoms with E-state index in [9.17, 15) is 9.59 Å². The Labute approximate surface area is 105 Å². The maximum absolute atomic E-state index is 11.5. The minimum Gasteiger partial charge on any atom is -0.465 e. The van der Waals surface area contributed by atoms with E-state index in [2.05, 4.69) is 21.4 Å². The Kier molecular flexibility index (Phi) is 4.92. The molecule has 0 aliphatic heterocycles. The van der Waals surface area contributed by atoms with Crippen molar-refractivity contribution in [2.24, 2.45) is 0 Å². The van der Waals surface area contributed by atoms with Crippen LogP contribution >= 0.6 is 0 Å². The molecule has 0 aliphatic carbocycles. The van der Waals surface area contributed by atoms with Crippen LogP contribution in [0.25, 0.3) is 0 Å². The standard InChI is InChI=1S/C13H15NO4/c1-4-7-14-11-8-9(12(15)17-2)5-6-10(11)13(16)18-3/h4-6,8,14H,1,7H2,2-3H3. The van der Waals surface area contributed by atoms with Gasteiger partial charge in [0.05, 0.1) is 25.3 Å². The molecule has 5 nitrogen and oxygen atoms in total. The third-order valence-corrected chi connectivity index (χ3v) is 2.28. The first kappa shape index (κ1) is 13.8. The summed E-state index contributed by atoms with van der Waals surface area (Å²) in [5, 5.41) is 2.97. The fourth-order valence-electron chi connectivity index (χ4n) is 1.41. The summed E-state index contributed by atoms with van der Waals surface area (Å²) in [5.74, 6) is -0.939. The van der Waals surface area contributed by atoms with Crippen LogP contribution in [-0.2, 0) is 9.47 Å². The summed E-state index contributed by atoms with van der Waals surface area (Å²) < 4.78 is 9.28. The molecule has 0 atom stereocenters. The Morgan fingerprint density at radius 2 is 1.94 bits per heavy atom. The van der Waals surface area contributed by atoms with E-state index in [-0.39, 0.29) is 0 Å². The van der Waals surface area contributed by atoms with E-state index < -0.39 is 11.9 Å². The van der Waals surface area contributed by atoms with E-state index in [0.717, 1.165) is 0 Å². The third kappa shape index (κ3) is 3.10. The van der Waals surface area contributed by atoms with Gasteiger partial charge in [0.2, 0.25) is 0 Å². The molecule has 0 fully saturated rings. The Balaban J connectivity index is 3.15. The summed E-state index contributed by atoms with van der Waals surface area (Å²) in [6.07, 6.45) is 1.64. The van der Waals surface area contributed by atoms with E-state index in [0.29, 0.717) is 23.4 Å². The predicted octanol–water partition coefficient (Wildman–Crippen LogP) is 1.86. The van der Waals surface area contributed by atoms with Crippen LogP contribution in [0, 0.1) is 0 Å². The zero-order valence-corrected chi connectivity index (χ0v) is 10.4. The van der Waals surface area contributed by atoms with Gasteiger partial charge in [-0.05, 0) is 18.2 Å². The van der Waals surface area contributed by atoms with E-state index >= 15 is 0 Å². The molecule has 0 radical (unpaired) electrons. The van der Waals surface area contributed by atoms with Gasteiger partial charge in [-0.3, -0.25) is 0 Å². The second-order valence-electron chi connectivity index (χ2n) is 3.41. The fourth-order valence-corrected chi connectivity index (χ4v) is 1.41. The molecule has 1 N–H and O–H groups in total. The largest absolute Gasteiger partial charge is 0.465 e. The first-order chi connectivity index (χ1) is 8.63. The zero-order valence-electron chi connectivity index (χ0n) is 10.4. The van der Waals surface area contributed by atoms with Gasteiger partial charge in [-0.1, -0.05) is 6.08 Å². The summed E-state index contributed by atoms with van der Waals surface area (Å²) in [5.41, 5.74) is 1.22. The predicted molar refractivity (Wildman–Crippen MR) is 67.8 cm³/mol. The molecule has 0 spiro atoms. The molecule has 96 valence electrons. The number of carbonyl (C=O) groups excluding carboxylic acids is 2. The lowest BCUT2D eigenvalue weighted by atomic mass is 10.1. The molecule has 0 unspecified atom stereocenters. The highest BCUT2D eigenvalue weighted by molar-refractivity contribution is 5.98. The maximum atomic E-state index is 11.5. The van der Waals surface area contributed by atoms with Crippen LogP contribution in [0.3, 0.4) is 0 Å². The summed E-state index contributed by atoms with van der Waals surface area (Å²) in [6, 6.07) is 4.57. The number of benzene rings is 1. The Morgan fingerprint density at radius 1 is 1.28 bits per heavy atom. The molecule has 0 heterocycles. The molecule has 5 heteroatoms. The van der Waals surface area contributed by atoms with Crippen LogP contribution in [0.15, 0.2) is 30.9 Å². The molecule has 0 amide bonds. The highest BCUT2D eigenvalue weighted by Gasteiger charge is 2.14. The quantitative estimate of drug-likeness (QED) is 0.637. The van der Waals surface area contributed by atoms with E-state index in [4.69, 9.17) is 0 Å². The third-order valence-electron chi connectivity index (χ3n) is 2.28. The van der Waals surface area contributed by atoms with Crippen molar-refractivity contribution in [2.45, 2.75) is 0 Å². The van der Waals surface area contributed by atoms with Crippen LogP contribution in [0.1, 0.15) is 20.7 Å². The minimum atomic E-state index is -0.474. The van der Waals surface area contributed by atoms with E-state index in [1.165, 1.54) is 26.4 Å². The second kappa shape index (κ2) is 6.44. The van der Waals surface area contributed by atoms with Crippen LogP contribution in [0.5, 0.6) is 0 Å². The van der Waals surface area contributed by atoms with Crippen LogP contribution in [-0.4, -0.2) is 32.7 Å². The monoisotopic (exact) mass is 249 g/mol. The first-order valence-electron chi connectivity index (χ1n) is 5.29. The van der Waals surface area contributed by atoms with Gasteiger partial charge in [0.25, 0.3) is 0 Å². The van der Waals surface area contributed by atoms with Crippen molar-refractivity contribution in [1.29, 1.82) is 0 Å². The zero-order chi connectivity index (χ0) is 13.5. The molecule has 18 heavy (non-hydrogen) atoms. The number of hydrogen-bond acceptors (Lipinski definition) is 5. The van der Waals surface area contributed by atoms with Crippen LogP contribution in [0.2, 0.25) is 0 Å². The van der Waals surface area contributed by atoms with Gasteiger partial charge in [-0.15, -0.1) is 6.58 Å². The van der Waals surface area contributed by atoms with E-state index in [1.54, 1.807) is 12.1 Å². The van der Waals surface area contributed by atoms with Gasteiger partial charge < -0.3 is 14.8 Å². The number of nitrogens with one attached hydrogen (secondary N) is 1. The molecule has 1 aromatic rings. The lowest BCUT2D eigenvalue weighted by molar-refractivity contribution is 0.0587. The van der Waals surface area contributed by atoms with Crippen molar-refractivity contribution in [3.63, 3.8) is 0 Å². The molecular weight excluding hydrogens is 234 g/mol. The second-order valence-corrected chi connectivity index (χ2v) is 3.41. The van der Waals surface area contributed by atoms with Gasteiger partial charge in [0, 0.05) is 12.2 Å². The normalized spacial score (nSPS) is 9.44. The lowest BCUT2D eigenvalue weighted by Crippen LogP contribution is -2.10. The fraction of sp³-hybridized carbons (Fsp3) is 0.231. The van der Waals surface area contributed by atoms with Gasteiger partial charge >= 0.3 is 11.9 Å². The number of hydrogen-bond donors (Lipinski definition) is 1. The summed E-state index contributed by atoms with van der Waals surface area (Å²) in [6.45, 7) is 4.04. The van der Waals surface area contributed by atoms with Crippen LogP contribution < -0.4 is 5.32 Å². The van der Waals surface area contributed by atoms with Crippen molar-refractivity contribution in [2.75, 3.05) is 26.1 Å². The molecule has 1 aromatic carbocycles. The van der Waals surface area contributed by atoms with Crippen molar-refractivity contribution < 1.29 is 19.1 Å². The highest BCUT2D eigenvalue weighted by atomic mass is 16.5. The Morgan fingerprint density at radius 3 is 2.50 bits per heavy atom. The number of ether oxygens (including phenoxy) is 2. The minimum absolute atomic E-state index is 0.354. The smallest absolute Gasteiger partial charge is 0.339 e. The number of carbonyl (C=O) groups is 2. The summed E-state index contributed by atoms with van der Waals surface area (Å²) in [7, 11) is 2.60. The average Bonchev–Trinajstić information content (AvgIpc) is 2.42. The molecule has 0 aliphatic rings. The van der Waals surface area contributed by atoms with Gasteiger partial charge in [0.1, 0.15) is 0 Å². The highest BCUT2D eigenvalue weighted by Crippen LogP contribution is 2.19. The molecular formula is C13H15NO4. The maximum Gasteiger partial charge on any atom is 0.339 e. The Bertz CT molecular complexity index is 468. The van der Waals surface area contributed by atoms with Crippen molar-refractivity contribution >= 4 is 17.6 Å². The average molecular weight is 249 g/mol. The van der Waals surface area contributed by atoms with Crippen molar-refractivity contribution in [3.05, 3.63) is 42.0 Å². The number of anilines is 1. The van der Waals surface area contributed by atoms with Crippen molar-refractivity contribution in [3.8, 4) is 0 Å². The molecule has 0 saturated heterocycles. The molecule has 1 rings (SSSR count). The van der Waals surface area contributed by atoms with E-state index in [1.807, 2.05) is 0 Å². The number of rotatable bonds is 5. The molecule has 0 bridgehead atoms. The molecule has 0 saturated carbocycles. The topological polar surface area (TPSA) is 64.6 Å². The van der Waals surface area contributed by atoms with Crippen molar-refractivity contribution in [1.82, 2.24) is 0 Å². The van der Waals surface area contributed by atoms with Gasteiger partial charge in [-0.2, -0.15) is 0 Å². The first-order valence-corrected chi connectivity index (χ1v) is 5.29. The van der Waals surface area contributed by atoms with Gasteiger partial charge in [0.15, 0.2) is 0 Å². The SMILES string of the molecule is C=CCNc1cc(C(=O)OC)ccc1C(=O)OC. The summed E-state index contributed by atoms with van der Waals surface area (Å²) in [4.78, 5) is 22.9. The lowest BCUT2D eigenvalue weighted by Gasteiger charge is -2.10. The Hall–Kier alpha value is -2.30. The number of methoxy groups -OCH3 is 2. The molecule has 0 aromatic heterocycles. The number of esters is 2. The van der Waals surface area contributed by atoms with Gasteiger partial charge in [-0.25, -0.2) is 9.59 Å². The van der Waals surface area contributed by atoms with Crippen LogP contribution in [0.4, 0.5) is 5.69 Å².